The molecule has 0 aliphatic carbocycles. The van der Waals surface area contributed by atoms with Gasteiger partial charge >= 0.3 is 0 Å². The number of para-hydroxylation sites is 1. The van der Waals surface area contributed by atoms with Crippen LogP contribution in [0.3, 0.4) is 0 Å². The van der Waals surface area contributed by atoms with Crippen molar-refractivity contribution in [2.24, 2.45) is 0 Å². The smallest absolute Gasteiger partial charge is 0.138 e. The fraction of sp³-hybridized carbons (Fsp3) is 0. The second-order valence-corrected chi connectivity index (χ2v) is 9.55. The lowest BCUT2D eigenvalue weighted by Crippen LogP contribution is -1.99. The number of hydrogen-bond acceptors (Lipinski definition) is 2. The molecule has 0 N–H and O–H groups in total. The summed E-state index contributed by atoms with van der Waals surface area (Å²) in [6.07, 6.45) is 5.79. The molecule has 0 unspecified atom stereocenters. The van der Waals surface area contributed by atoms with E-state index < -0.39 is 0 Å². The van der Waals surface area contributed by atoms with Gasteiger partial charge in [0.2, 0.25) is 0 Å². The van der Waals surface area contributed by atoms with Gasteiger partial charge in [-0.05, 0) is 53.9 Å². The van der Waals surface area contributed by atoms with Crippen LogP contribution in [0, 0.1) is 0 Å². The maximum atomic E-state index is 5.19. The van der Waals surface area contributed by atoms with Gasteiger partial charge in [-0.1, -0.05) is 66.7 Å². The van der Waals surface area contributed by atoms with E-state index in [4.69, 9.17) is 4.98 Å². The normalized spacial score (nSPS) is 11.7. The Labute approximate surface area is 219 Å². The van der Waals surface area contributed by atoms with Gasteiger partial charge in [0.1, 0.15) is 5.82 Å². The van der Waals surface area contributed by atoms with Gasteiger partial charge in [-0.3, -0.25) is 9.55 Å². The lowest BCUT2D eigenvalue weighted by Gasteiger charge is -2.11. The lowest BCUT2D eigenvalue weighted by molar-refractivity contribution is 1.09. The Bertz CT molecular complexity index is 2120. The number of nitrogens with zero attached hydrogens (tertiary/aromatic N) is 4. The van der Waals surface area contributed by atoms with Gasteiger partial charge in [0.05, 0.1) is 22.2 Å². The number of fused-ring (bicyclic) bond motifs is 7. The van der Waals surface area contributed by atoms with Gasteiger partial charge in [0.25, 0.3) is 0 Å². The van der Waals surface area contributed by atoms with Gasteiger partial charge in [0.15, 0.2) is 0 Å². The third kappa shape index (κ3) is 3.04. The molecule has 0 atom stereocenters. The fourth-order valence-corrected chi connectivity index (χ4v) is 5.76. The largest absolute Gasteiger partial charge is 0.316 e. The van der Waals surface area contributed by atoms with Crippen molar-refractivity contribution in [1.29, 1.82) is 0 Å². The van der Waals surface area contributed by atoms with Gasteiger partial charge in [-0.15, -0.1) is 0 Å². The van der Waals surface area contributed by atoms with Gasteiger partial charge in [-0.25, -0.2) is 4.98 Å². The van der Waals surface area contributed by atoms with Crippen LogP contribution in [0.15, 0.2) is 134 Å². The SMILES string of the molecule is c1ccc(-n2ccc3c2ccc2c4ccc5ccccc5c4n(-c4cccc(-c5ccncc5)n4)c23)cc1. The van der Waals surface area contributed by atoms with Gasteiger partial charge < -0.3 is 4.57 Å². The van der Waals surface area contributed by atoms with Crippen molar-refractivity contribution in [1.82, 2.24) is 19.1 Å². The molecule has 38 heavy (non-hydrogen) atoms. The predicted molar refractivity (Wildman–Crippen MR) is 156 cm³/mol. The quantitative estimate of drug-likeness (QED) is 0.252. The molecule has 0 aliphatic rings. The van der Waals surface area contributed by atoms with E-state index in [9.17, 15) is 0 Å². The number of pyridine rings is 2. The highest BCUT2D eigenvalue weighted by Crippen LogP contribution is 2.40. The van der Waals surface area contributed by atoms with E-state index in [-0.39, 0.29) is 0 Å². The molecule has 0 fully saturated rings. The number of rotatable bonds is 3. The average molecular weight is 487 g/mol. The van der Waals surface area contributed by atoms with Crippen LogP contribution >= 0.6 is 0 Å². The Morgan fingerprint density at radius 1 is 0.526 bits per heavy atom. The van der Waals surface area contributed by atoms with Crippen LogP contribution in [-0.2, 0) is 0 Å². The first kappa shape index (κ1) is 20.9. The van der Waals surface area contributed by atoms with Crippen molar-refractivity contribution in [3.8, 4) is 22.8 Å². The van der Waals surface area contributed by atoms with Crippen molar-refractivity contribution < 1.29 is 0 Å². The Hall–Kier alpha value is -5.22. The molecule has 4 heteroatoms. The summed E-state index contributed by atoms with van der Waals surface area (Å²) in [6, 6.07) is 40.6. The Balaban J connectivity index is 1.52. The van der Waals surface area contributed by atoms with Crippen LogP contribution in [0.2, 0.25) is 0 Å². The molecule has 0 aliphatic heterocycles. The van der Waals surface area contributed by atoms with E-state index in [1.54, 1.807) is 0 Å². The molecule has 0 bridgehead atoms. The number of benzene rings is 4. The van der Waals surface area contributed by atoms with Crippen molar-refractivity contribution in [2.75, 3.05) is 0 Å². The van der Waals surface area contributed by atoms with Crippen LogP contribution in [0.5, 0.6) is 0 Å². The van der Waals surface area contributed by atoms with E-state index in [1.165, 1.54) is 43.5 Å². The van der Waals surface area contributed by atoms with E-state index in [0.717, 1.165) is 22.8 Å². The summed E-state index contributed by atoms with van der Waals surface area (Å²) in [5.74, 6) is 0.899. The first-order chi connectivity index (χ1) is 18.9. The van der Waals surface area contributed by atoms with E-state index in [1.807, 2.05) is 24.5 Å². The topological polar surface area (TPSA) is 35.6 Å². The Morgan fingerprint density at radius 2 is 1.29 bits per heavy atom. The molecular weight excluding hydrogens is 464 g/mol. The molecule has 0 amide bonds. The molecular formula is C34H22N4. The molecule has 0 spiro atoms. The van der Waals surface area contributed by atoms with Crippen LogP contribution in [0.4, 0.5) is 0 Å². The molecule has 4 nitrogen and oxygen atoms in total. The average Bonchev–Trinajstić information content (AvgIpc) is 3.58. The minimum atomic E-state index is 0.899. The van der Waals surface area contributed by atoms with Crippen LogP contribution in [0.25, 0.3) is 66.2 Å². The second-order valence-electron chi connectivity index (χ2n) is 9.55. The zero-order valence-electron chi connectivity index (χ0n) is 20.5. The maximum Gasteiger partial charge on any atom is 0.138 e. The zero-order valence-corrected chi connectivity index (χ0v) is 20.5. The minimum Gasteiger partial charge on any atom is -0.316 e. The molecule has 4 aromatic carbocycles. The Kier molecular flexibility index (Phi) is 4.49. The highest BCUT2D eigenvalue weighted by Gasteiger charge is 2.19. The third-order valence-corrected chi connectivity index (χ3v) is 7.46. The van der Waals surface area contributed by atoms with Gasteiger partial charge in [0, 0.05) is 51.4 Å². The monoisotopic (exact) mass is 486 g/mol. The molecule has 0 saturated carbocycles. The van der Waals surface area contributed by atoms with E-state index in [0.29, 0.717) is 0 Å². The summed E-state index contributed by atoms with van der Waals surface area (Å²) in [5.41, 5.74) is 6.64. The summed E-state index contributed by atoms with van der Waals surface area (Å²) in [5, 5.41) is 6.08. The Morgan fingerprint density at radius 3 is 2.16 bits per heavy atom. The van der Waals surface area contributed by atoms with Gasteiger partial charge in [-0.2, -0.15) is 0 Å². The summed E-state index contributed by atoms with van der Waals surface area (Å²) < 4.78 is 4.62. The zero-order chi connectivity index (χ0) is 25.1. The standard InChI is InChI=1S/C34H22N4/c1-2-8-25(9-3-1)37-22-19-29-31(37)16-15-28-27-14-13-23-7-4-5-10-26(23)33(27)38(34(28)29)32-12-6-11-30(36-32)24-17-20-35-21-18-24/h1-22H. The van der Waals surface area contributed by atoms with Crippen molar-refractivity contribution in [2.45, 2.75) is 0 Å². The third-order valence-electron chi connectivity index (χ3n) is 7.46. The highest BCUT2D eigenvalue weighted by atomic mass is 15.1. The van der Waals surface area contributed by atoms with Crippen molar-refractivity contribution >= 4 is 43.5 Å². The minimum absolute atomic E-state index is 0.899. The van der Waals surface area contributed by atoms with E-state index >= 15 is 0 Å². The highest BCUT2D eigenvalue weighted by molar-refractivity contribution is 6.23. The number of hydrogen-bond donors (Lipinski definition) is 0. The van der Waals surface area contributed by atoms with Crippen LogP contribution < -0.4 is 0 Å². The molecule has 0 saturated heterocycles. The van der Waals surface area contributed by atoms with Crippen LogP contribution in [0.1, 0.15) is 0 Å². The summed E-state index contributed by atoms with van der Waals surface area (Å²) in [7, 11) is 0. The molecule has 4 aromatic heterocycles. The molecule has 8 rings (SSSR count). The lowest BCUT2D eigenvalue weighted by atomic mass is 10.1. The first-order valence-corrected chi connectivity index (χ1v) is 12.8. The summed E-state index contributed by atoms with van der Waals surface area (Å²) in [4.78, 5) is 9.38. The summed E-state index contributed by atoms with van der Waals surface area (Å²) >= 11 is 0. The molecule has 4 heterocycles. The van der Waals surface area contributed by atoms with Crippen LogP contribution in [-0.4, -0.2) is 19.1 Å². The van der Waals surface area contributed by atoms with E-state index in [2.05, 4.69) is 123 Å². The fourth-order valence-electron chi connectivity index (χ4n) is 5.76. The predicted octanol–water partition coefficient (Wildman–Crippen LogP) is 8.34. The second kappa shape index (κ2) is 8.15. The van der Waals surface area contributed by atoms with Crippen molar-refractivity contribution in [3.05, 3.63) is 134 Å². The number of aromatic nitrogens is 4. The first-order valence-electron chi connectivity index (χ1n) is 12.8. The maximum absolute atomic E-state index is 5.19. The molecule has 0 radical (unpaired) electrons. The van der Waals surface area contributed by atoms with Crippen molar-refractivity contribution in [3.63, 3.8) is 0 Å². The summed E-state index contributed by atoms with van der Waals surface area (Å²) in [6.45, 7) is 0. The molecule has 8 aromatic rings. The molecule has 178 valence electrons.